The lowest BCUT2D eigenvalue weighted by Gasteiger charge is -2.04. The number of carbonyl (C=O) groups is 2. The van der Waals surface area contributed by atoms with Gasteiger partial charge in [-0.3, -0.25) is 9.78 Å². The number of carbonyl (C=O) groups excluding carboxylic acids is 1. The predicted molar refractivity (Wildman–Crippen MR) is 66.1 cm³/mol. The molecule has 8 nitrogen and oxygen atoms in total. The quantitative estimate of drug-likeness (QED) is 0.584. The van der Waals surface area contributed by atoms with Crippen LogP contribution in [0.5, 0.6) is 0 Å². The van der Waals surface area contributed by atoms with E-state index in [-0.39, 0.29) is 30.0 Å². The van der Waals surface area contributed by atoms with Crippen molar-refractivity contribution in [3.05, 3.63) is 29.6 Å². The molecule has 1 heterocycles. The number of pyridine rings is 1. The number of amides is 1. The van der Waals surface area contributed by atoms with Crippen LogP contribution in [-0.4, -0.2) is 42.7 Å². The summed E-state index contributed by atoms with van der Waals surface area (Å²) in [5.74, 6) is -1.86. The van der Waals surface area contributed by atoms with Crippen LogP contribution in [0, 0.1) is 0 Å². The van der Waals surface area contributed by atoms with Gasteiger partial charge in [-0.05, 0) is 18.6 Å². The lowest BCUT2D eigenvalue weighted by Crippen LogP contribution is -2.28. The van der Waals surface area contributed by atoms with Gasteiger partial charge in [0.25, 0.3) is 5.91 Å². The van der Waals surface area contributed by atoms with Gasteiger partial charge in [0, 0.05) is 12.7 Å². The Kier molecular flexibility index (Phi) is 4.95. The molecule has 0 spiro atoms. The monoisotopic (exact) mass is 287 g/mol. The number of hydrogen-bond donors (Lipinski definition) is 3. The van der Waals surface area contributed by atoms with Gasteiger partial charge in [0.1, 0.15) is 5.69 Å². The van der Waals surface area contributed by atoms with Gasteiger partial charge in [-0.2, -0.15) is 0 Å². The number of primary sulfonamides is 1. The average Bonchev–Trinajstić information content (AvgIpc) is 2.33. The first-order valence-corrected chi connectivity index (χ1v) is 6.99. The van der Waals surface area contributed by atoms with E-state index in [1.54, 1.807) is 0 Å². The minimum absolute atomic E-state index is 0.0224. The molecule has 1 aromatic heterocycles. The Morgan fingerprint density at radius 3 is 2.53 bits per heavy atom. The lowest BCUT2D eigenvalue weighted by atomic mass is 10.2. The number of aromatic carboxylic acids is 1. The van der Waals surface area contributed by atoms with Gasteiger partial charge < -0.3 is 10.4 Å². The van der Waals surface area contributed by atoms with E-state index >= 15 is 0 Å². The summed E-state index contributed by atoms with van der Waals surface area (Å²) in [6, 6.07) is 2.53. The molecule has 1 rings (SSSR count). The molecule has 0 aliphatic rings. The van der Waals surface area contributed by atoms with Crippen LogP contribution in [0.25, 0.3) is 0 Å². The van der Waals surface area contributed by atoms with E-state index in [1.807, 2.05) is 0 Å². The van der Waals surface area contributed by atoms with Crippen molar-refractivity contribution in [1.29, 1.82) is 0 Å². The zero-order valence-corrected chi connectivity index (χ0v) is 10.7. The Hall–Kier alpha value is -2.00. The number of hydrogen-bond acceptors (Lipinski definition) is 5. The molecule has 0 aliphatic carbocycles. The van der Waals surface area contributed by atoms with Gasteiger partial charge in [-0.1, -0.05) is 0 Å². The maximum atomic E-state index is 11.5. The second-order valence-corrected chi connectivity index (χ2v) is 5.45. The topological polar surface area (TPSA) is 139 Å². The standard InChI is InChI=1S/C10H13N3O5S/c11-19(17,18)5-1-4-12-9(14)8-3-2-7(6-13-8)10(15)16/h2-3,6H,1,4-5H2,(H,12,14)(H,15,16)(H2,11,17,18). The van der Waals surface area contributed by atoms with Crippen molar-refractivity contribution in [1.82, 2.24) is 10.3 Å². The van der Waals surface area contributed by atoms with Gasteiger partial charge in [0.15, 0.2) is 0 Å². The van der Waals surface area contributed by atoms with E-state index in [1.165, 1.54) is 12.1 Å². The maximum absolute atomic E-state index is 11.5. The number of nitrogens with two attached hydrogens (primary N) is 1. The third kappa shape index (κ3) is 5.44. The summed E-state index contributed by atoms with van der Waals surface area (Å²) in [4.78, 5) is 25.8. The molecule has 0 aromatic carbocycles. The number of carboxylic acids is 1. The van der Waals surface area contributed by atoms with Crippen LogP contribution in [0.15, 0.2) is 18.3 Å². The number of nitrogens with zero attached hydrogens (tertiary/aromatic N) is 1. The summed E-state index contributed by atoms with van der Waals surface area (Å²) < 4.78 is 21.3. The summed E-state index contributed by atoms with van der Waals surface area (Å²) in [5, 5.41) is 15.9. The fraction of sp³-hybridized carbons (Fsp3) is 0.300. The highest BCUT2D eigenvalue weighted by Gasteiger charge is 2.09. The Morgan fingerprint density at radius 2 is 2.05 bits per heavy atom. The van der Waals surface area contributed by atoms with Crippen molar-refractivity contribution >= 4 is 21.9 Å². The lowest BCUT2D eigenvalue weighted by molar-refractivity contribution is 0.0695. The summed E-state index contributed by atoms with van der Waals surface area (Å²) in [7, 11) is -3.53. The van der Waals surface area contributed by atoms with E-state index in [0.717, 1.165) is 6.20 Å². The first kappa shape index (κ1) is 15.1. The van der Waals surface area contributed by atoms with Crippen LogP contribution in [0.4, 0.5) is 0 Å². The summed E-state index contributed by atoms with van der Waals surface area (Å²) in [5.41, 5.74) is 0.0337. The fourth-order valence-electron chi connectivity index (χ4n) is 1.22. The highest BCUT2D eigenvalue weighted by atomic mass is 32.2. The third-order valence-electron chi connectivity index (χ3n) is 2.13. The molecule has 1 aromatic rings. The fourth-order valence-corrected chi connectivity index (χ4v) is 1.77. The van der Waals surface area contributed by atoms with Crippen molar-refractivity contribution in [2.45, 2.75) is 6.42 Å². The van der Waals surface area contributed by atoms with Crippen LogP contribution >= 0.6 is 0 Å². The molecule has 9 heteroatoms. The van der Waals surface area contributed by atoms with Crippen molar-refractivity contribution < 1.29 is 23.1 Å². The highest BCUT2D eigenvalue weighted by molar-refractivity contribution is 7.89. The van der Waals surface area contributed by atoms with Crippen molar-refractivity contribution in [2.24, 2.45) is 5.14 Å². The van der Waals surface area contributed by atoms with E-state index < -0.39 is 21.9 Å². The molecule has 0 bridgehead atoms. The molecule has 1 amide bonds. The first-order valence-electron chi connectivity index (χ1n) is 5.27. The third-order valence-corrected chi connectivity index (χ3v) is 2.99. The first-order chi connectivity index (χ1) is 8.79. The molecule has 104 valence electrons. The molecule has 0 saturated carbocycles. The largest absolute Gasteiger partial charge is 0.478 e. The minimum Gasteiger partial charge on any atom is -0.478 e. The van der Waals surface area contributed by atoms with Gasteiger partial charge in [0.05, 0.1) is 11.3 Å². The Morgan fingerprint density at radius 1 is 1.37 bits per heavy atom. The van der Waals surface area contributed by atoms with Gasteiger partial charge in [0.2, 0.25) is 10.0 Å². The molecule has 0 unspecified atom stereocenters. The van der Waals surface area contributed by atoms with E-state index in [4.69, 9.17) is 10.2 Å². The zero-order chi connectivity index (χ0) is 14.5. The van der Waals surface area contributed by atoms with Crippen LogP contribution in [0.2, 0.25) is 0 Å². The van der Waals surface area contributed by atoms with Crippen LogP contribution < -0.4 is 10.5 Å². The Bertz CT molecular complexity index is 567. The Balaban J connectivity index is 2.48. The van der Waals surface area contributed by atoms with Crippen LogP contribution in [0.3, 0.4) is 0 Å². The zero-order valence-electron chi connectivity index (χ0n) is 9.87. The molecular formula is C10H13N3O5S. The molecular weight excluding hydrogens is 274 g/mol. The van der Waals surface area contributed by atoms with Crippen molar-refractivity contribution in [2.75, 3.05) is 12.3 Å². The summed E-state index contributed by atoms with van der Waals surface area (Å²) >= 11 is 0. The molecule has 4 N–H and O–H groups in total. The second kappa shape index (κ2) is 6.25. The SMILES string of the molecule is NS(=O)(=O)CCCNC(=O)c1ccc(C(=O)O)cn1. The van der Waals surface area contributed by atoms with Crippen LogP contribution in [-0.2, 0) is 10.0 Å². The predicted octanol–water partition coefficient (Wildman–Crippen LogP) is -0.812. The number of sulfonamides is 1. The average molecular weight is 287 g/mol. The van der Waals surface area contributed by atoms with E-state index in [9.17, 15) is 18.0 Å². The second-order valence-electron chi connectivity index (χ2n) is 3.71. The molecule has 0 saturated heterocycles. The van der Waals surface area contributed by atoms with Gasteiger partial charge >= 0.3 is 5.97 Å². The van der Waals surface area contributed by atoms with Crippen molar-refractivity contribution in [3.63, 3.8) is 0 Å². The maximum Gasteiger partial charge on any atom is 0.337 e. The Labute approximate surface area is 109 Å². The molecule has 0 radical (unpaired) electrons. The smallest absolute Gasteiger partial charge is 0.337 e. The number of nitrogens with one attached hydrogen (secondary N) is 1. The number of aromatic nitrogens is 1. The summed E-state index contributed by atoms with van der Waals surface area (Å²) in [6.07, 6.45) is 1.26. The summed E-state index contributed by atoms with van der Waals surface area (Å²) in [6.45, 7) is 0.137. The molecule has 0 fully saturated rings. The molecule has 0 atom stereocenters. The van der Waals surface area contributed by atoms with Crippen molar-refractivity contribution in [3.8, 4) is 0 Å². The number of carboxylic acid groups (broad SMARTS) is 1. The molecule has 19 heavy (non-hydrogen) atoms. The highest BCUT2D eigenvalue weighted by Crippen LogP contribution is 2.00. The molecule has 0 aliphatic heterocycles. The minimum atomic E-state index is -3.53. The normalized spacial score (nSPS) is 11.0. The van der Waals surface area contributed by atoms with E-state index in [2.05, 4.69) is 10.3 Å². The number of rotatable bonds is 6. The van der Waals surface area contributed by atoms with Gasteiger partial charge in [-0.25, -0.2) is 18.4 Å². The van der Waals surface area contributed by atoms with E-state index in [0.29, 0.717) is 0 Å². The van der Waals surface area contributed by atoms with Gasteiger partial charge in [-0.15, -0.1) is 0 Å². The van der Waals surface area contributed by atoms with Crippen LogP contribution in [0.1, 0.15) is 27.3 Å².